The first kappa shape index (κ1) is 13.8. The number of amides is 2. The Labute approximate surface area is 114 Å². The number of nitrogens with zero attached hydrogens (tertiary/aromatic N) is 1. The first-order valence-electron chi connectivity index (χ1n) is 6.69. The number of hydrogen-bond donors (Lipinski definition) is 0. The average molecular weight is 259 g/mol. The number of benzene rings is 1. The van der Waals surface area contributed by atoms with E-state index < -0.39 is 0 Å². The van der Waals surface area contributed by atoms with E-state index in [4.69, 9.17) is 0 Å². The van der Waals surface area contributed by atoms with Crippen LogP contribution in [0.2, 0.25) is 0 Å². The summed E-state index contributed by atoms with van der Waals surface area (Å²) in [5.41, 5.74) is 2.54. The zero-order valence-corrected chi connectivity index (χ0v) is 12.1. The monoisotopic (exact) mass is 259 g/mol. The van der Waals surface area contributed by atoms with E-state index in [2.05, 4.69) is 45.0 Å². The number of carbonyl (C=O) groups excluding carboxylic acids is 2. The standard InChI is InChI=1S/C16H21NO2/c1-16(2,3)13-7-5-11(6-8-13)9-12-10-14(18)17(4)15(12)19/h5-8,12H,9-10H2,1-4H3. The highest BCUT2D eigenvalue weighted by molar-refractivity contribution is 6.03. The number of imide groups is 1. The van der Waals surface area contributed by atoms with Gasteiger partial charge in [0, 0.05) is 13.5 Å². The smallest absolute Gasteiger partial charge is 0.232 e. The lowest BCUT2D eigenvalue weighted by Gasteiger charge is -2.19. The van der Waals surface area contributed by atoms with Gasteiger partial charge in [-0.25, -0.2) is 0 Å². The van der Waals surface area contributed by atoms with Crippen molar-refractivity contribution in [2.45, 2.75) is 39.0 Å². The summed E-state index contributed by atoms with van der Waals surface area (Å²) in [6.07, 6.45) is 0.996. The van der Waals surface area contributed by atoms with Crippen LogP contribution in [-0.2, 0) is 21.4 Å². The third-order valence-corrected chi connectivity index (χ3v) is 3.78. The molecule has 3 nitrogen and oxygen atoms in total. The van der Waals surface area contributed by atoms with Gasteiger partial charge in [0.15, 0.2) is 0 Å². The normalized spacial score (nSPS) is 20.2. The molecule has 0 aliphatic carbocycles. The van der Waals surface area contributed by atoms with Gasteiger partial charge in [-0.2, -0.15) is 0 Å². The molecule has 1 aromatic carbocycles. The summed E-state index contributed by atoms with van der Waals surface area (Å²) < 4.78 is 0. The Hall–Kier alpha value is -1.64. The predicted octanol–water partition coefficient (Wildman–Crippen LogP) is 2.53. The molecule has 0 radical (unpaired) electrons. The number of likely N-dealkylation sites (tertiary alicyclic amines) is 1. The molecule has 0 bridgehead atoms. The second kappa shape index (κ2) is 4.80. The maximum atomic E-state index is 11.9. The molecular formula is C16H21NO2. The van der Waals surface area contributed by atoms with Crippen LogP contribution in [-0.4, -0.2) is 23.8 Å². The van der Waals surface area contributed by atoms with Crippen LogP contribution in [0.3, 0.4) is 0 Å². The highest BCUT2D eigenvalue weighted by atomic mass is 16.2. The molecule has 2 amide bonds. The lowest BCUT2D eigenvalue weighted by atomic mass is 9.86. The van der Waals surface area contributed by atoms with Crippen molar-refractivity contribution in [3.8, 4) is 0 Å². The van der Waals surface area contributed by atoms with Crippen LogP contribution in [0, 0.1) is 5.92 Å². The average Bonchev–Trinajstić information content (AvgIpc) is 2.57. The quantitative estimate of drug-likeness (QED) is 0.765. The van der Waals surface area contributed by atoms with Crippen LogP contribution in [0.1, 0.15) is 38.3 Å². The Kier molecular flexibility index (Phi) is 3.48. The minimum absolute atomic E-state index is 0.0510. The van der Waals surface area contributed by atoms with Crippen LogP contribution in [0.5, 0.6) is 0 Å². The zero-order valence-electron chi connectivity index (χ0n) is 12.1. The molecule has 0 saturated carbocycles. The minimum Gasteiger partial charge on any atom is -0.285 e. The van der Waals surface area contributed by atoms with Crippen LogP contribution < -0.4 is 0 Å². The first-order valence-corrected chi connectivity index (χ1v) is 6.69. The van der Waals surface area contributed by atoms with Crippen molar-refractivity contribution in [2.75, 3.05) is 7.05 Å². The summed E-state index contributed by atoms with van der Waals surface area (Å²) in [5.74, 6) is -0.302. The van der Waals surface area contributed by atoms with Crippen molar-refractivity contribution in [2.24, 2.45) is 5.92 Å². The number of carbonyl (C=O) groups is 2. The fourth-order valence-corrected chi connectivity index (χ4v) is 2.42. The molecule has 0 aromatic heterocycles. The Bertz CT molecular complexity index is 496. The van der Waals surface area contributed by atoms with Gasteiger partial charge in [0.2, 0.25) is 11.8 Å². The maximum Gasteiger partial charge on any atom is 0.232 e. The van der Waals surface area contributed by atoms with Gasteiger partial charge in [0.1, 0.15) is 0 Å². The van der Waals surface area contributed by atoms with E-state index in [1.54, 1.807) is 7.05 Å². The van der Waals surface area contributed by atoms with Crippen LogP contribution >= 0.6 is 0 Å². The molecule has 1 aliphatic rings. The summed E-state index contributed by atoms with van der Waals surface area (Å²) in [4.78, 5) is 24.6. The van der Waals surface area contributed by atoms with Gasteiger partial charge in [-0.3, -0.25) is 14.5 Å². The molecule has 1 atom stereocenters. The predicted molar refractivity (Wildman–Crippen MR) is 74.7 cm³/mol. The summed E-state index contributed by atoms with van der Waals surface area (Å²) in [5, 5.41) is 0. The Morgan fingerprint density at radius 3 is 2.16 bits per heavy atom. The maximum absolute atomic E-state index is 11.9. The van der Waals surface area contributed by atoms with Crippen molar-refractivity contribution in [1.29, 1.82) is 0 Å². The summed E-state index contributed by atoms with van der Waals surface area (Å²) in [6, 6.07) is 8.36. The first-order chi connectivity index (χ1) is 8.79. The topological polar surface area (TPSA) is 37.4 Å². The van der Waals surface area contributed by atoms with E-state index in [1.807, 2.05) is 0 Å². The third kappa shape index (κ3) is 2.86. The number of rotatable bonds is 2. The van der Waals surface area contributed by atoms with E-state index in [9.17, 15) is 9.59 Å². The van der Waals surface area contributed by atoms with Gasteiger partial charge in [-0.15, -0.1) is 0 Å². The summed E-state index contributed by atoms with van der Waals surface area (Å²) >= 11 is 0. The van der Waals surface area contributed by atoms with Gasteiger partial charge in [0.25, 0.3) is 0 Å². The fourth-order valence-electron chi connectivity index (χ4n) is 2.42. The van der Waals surface area contributed by atoms with Crippen LogP contribution in [0.25, 0.3) is 0 Å². The van der Waals surface area contributed by atoms with Crippen LogP contribution in [0.15, 0.2) is 24.3 Å². The molecule has 3 heteroatoms. The third-order valence-electron chi connectivity index (χ3n) is 3.78. The molecular weight excluding hydrogens is 238 g/mol. The van der Waals surface area contributed by atoms with Crippen molar-refractivity contribution in [3.63, 3.8) is 0 Å². The van der Waals surface area contributed by atoms with Gasteiger partial charge in [-0.1, -0.05) is 45.0 Å². The van der Waals surface area contributed by atoms with E-state index >= 15 is 0 Å². The Morgan fingerprint density at radius 1 is 1.16 bits per heavy atom. The van der Waals surface area contributed by atoms with Gasteiger partial charge >= 0.3 is 0 Å². The lowest BCUT2D eigenvalue weighted by molar-refractivity contribution is -0.137. The van der Waals surface area contributed by atoms with Gasteiger partial charge in [0.05, 0.1) is 5.92 Å². The summed E-state index contributed by atoms with van der Waals surface area (Å²) in [7, 11) is 1.56. The fraction of sp³-hybridized carbons (Fsp3) is 0.500. The molecule has 1 heterocycles. The van der Waals surface area contributed by atoms with Crippen molar-refractivity contribution in [3.05, 3.63) is 35.4 Å². The minimum atomic E-state index is -0.182. The van der Waals surface area contributed by atoms with E-state index in [0.717, 1.165) is 5.56 Å². The highest BCUT2D eigenvalue weighted by Gasteiger charge is 2.35. The SMILES string of the molecule is CN1C(=O)CC(Cc2ccc(C(C)(C)C)cc2)C1=O. The second-order valence-corrected chi connectivity index (χ2v) is 6.34. The molecule has 0 N–H and O–H groups in total. The Morgan fingerprint density at radius 2 is 1.74 bits per heavy atom. The zero-order chi connectivity index (χ0) is 14.2. The molecule has 2 rings (SSSR count). The molecule has 19 heavy (non-hydrogen) atoms. The molecule has 1 saturated heterocycles. The molecule has 1 fully saturated rings. The Balaban J connectivity index is 2.09. The molecule has 0 spiro atoms. The lowest BCUT2D eigenvalue weighted by Crippen LogP contribution is -2.26. The van der Waals surface area contributed by atoms with Crippen molar-refractivity contribution in [1.82, 2.24) is 4.90 Å². The van der Waals surface area contributed by atoms with Crippen molar-refractivity contribution < 1.29 is 9.59 Å². The second-order valence-electron chi connectivity index (χ2n) is 6.34. The van der Waals surface area contributed by atoms with E-state index in [-0.39, 0.29) is 23.1 Å². The molecule has 1 aromatic rings. The molecule has 1 unspecified atom stereocenters. The van der Waals surface area contributed by atoms with E-state index in [0.29, 0.717) is 12.8 Å². The van der Waals surface area contributed by atoms with Gasteiger partial charge < -0.3 is 0 Å². The van der Waals surface area contributed by atoms with E-state index in [1.165, 1.54) is 10.5 Å². The van der Waals surface area contributed by atoms with Gasteiger partial charge in [-0.05, 0) is 23.0 Å². The molecule has 102 valence electrons. The number of hydrogen-bond acceptors (Lipinski definition) is 2. The highest BCUT2D eigenvalue weighted by Crippen LogP contribution is 2.25. The molecule has 1 aliphatic heterocycles. The van der Waals surface area contributed by atoms with Crippen LogP contribution in [0.4, 0.5) is 0 Å². The largest absolute Gasteiger partial charge is 0.285 e. The summed E-state index contributed by atoms with van der Waals surface area (Å²) in [6.45, 7) is 6.53. The van der Waals surface area contributed by atoms with Crippen molar-refractivity contribution >= 4 is 11.8 Å².